The Bertz CT molecular complexity index is 387. The van der Waals surface area contributed by atoms with E-state index in [4.69, 9.17) is 0 Å². The van der Waals surface area contributed by atoms with Crippen molar-refractivity contribution in [3.05, 3.63) is 29.8 Å². The minimum Gasteiger partial charge on any atom is -0.325 e. The first-order valence-corrected chi connectivity index (χ1v) is 5.00. The van der Waals surface area contributed by atoms with Gasteiger partial charge < -0.3 is 10.6 Å². The molecule has 3 nitrogen and oxygen atoms in total. The van der Waals surface area contributed by atoms with E-state index in [0.717, 1.165) is 12.1 Å². The fourth-order valence-corrected chi connectivity index (χ4v) is 1.12. The highest BCUT2D eigenvalue weighted by Crippen LogP contribution is 2.29. The summed E-state index contributed by atoms with van der Waals surface area (Å²) < 4.78 is 36.8. The Labute approximate surface area is 97.0 Å². The van der Waals surface area contributed by atoms with Crippen LogP contribution in [-0.2, 0) is 11.0 Å². The van der Waals surface area contributed by atoms with Gasteiger partial charge in [-0.05, 0) is 38.2 Å². The maximum atomic E-state index is 12.3. The normalized spacial score (nSPS) is 13.2. The fourth-order valence-electron chi connectivity index (χ4n) is 1.12. The third-order valence-corrected chi connectivity index (χ3v) is 2.31. The lowest BCUT2D eigenvalue weighted by Gasteiger charge is -2.12. The van der Waals surface area contributed by atoms with Crippen molar-refractivity contribution in [1.29, 1.82) is 0 Å². The number of hydrogen-bond donors (Lipinski definition) is 2. The Morgan fingerprint density at radius 1 is 1.24 bits per heavy atom. The Morgan fingerprint density at radius 2 is 1.76 bits per heavy atom. The van der Waals surface area contributed by atoms with E-state index in [-0.39, 0.29) is 5.91 Å². The zero-order valence-electron chi connectivity index (χ0n) is 9.43. The third kappa shape index (κ3) is 3.74. The predicted octanol–water partition coefficient (Wildman–Crippen LogP) is 2.25. The van der Waals surface area contributed by atoms with Crippen molar-refractivity contribution in [3.63, 3.8) is 0 Å². The average Bonchev–Trinajstić information content (AvgIpc) is 2.27. The van der Waals surface area contributed by atoms with Gasteiger partial charge in [-0.1, -0.05) is 0 Å². The van der Waals surface area contributed by atoms with Gasteiger partial charge in [-0.15, -0.1) is 0 Å². The minimum atomic E-state index is -4.36. The number of carbonyl (C=O) groups excluding carboxylic acids is 1. The Hall–Kier alpha value is -1.56. The fraction of sp³-hybridized carbons (Fsp3) is 0.364. The number of amides is 1. The molecule has 0 heterocycles. The highest BCUT2D eigenvalue weighted by molar-refractivity contribution is 5.94. The van der Waals surface area contributed by atoms with Gasteiger partial charge in [0.25, 0.3) is 0 Å². The van der Waals surface area contributed by atoms with Crippen LogP contribution in [0, 0.1) is 0 Å². The third-order valence-electron chi connectivity index (χ3n) is 2.31. The topological polar surface area (TPSA) is 41.1 Å². The molecule has 0 spiro atoms. The number of nitrogens with one attached hydrogen (secondary N) is 2. The van der Waals surface area contributed by atoms with Gasteiger partial charge in [-0.25, -0.2) is 0 Å². The molecule has 0 saturated carbocycles. The average molecular weight is 246 g/mol. The quantitative estimate of drug-likeness (QED) is 0.858. The highest BCUT2D eigenvalue weighted by Gasteiger charge is 2.30. The van der Waals surface area contributed by atoms with Crippen LogP contribution < -0.4 is 10.6 Å². The van der Waals surface area contributed by atoms with Crippen molar-refractivity contribution in [2.75, 3.05) is 12.4 Å². The van der Waals surface area contributed by atoms with Crippen LogP contribution in [0.25, 0.3) is 0 Å². The van der Waals surface area contributed by atoms with Crippen LogP contribution in [0.3, 0.4) is 0 Å². The summed E-state index contributed by atoms with van der Waals surface area (Å²) in [6.07, 6.45) is -4.36. The van der Waals surface area contributed by atoms with E-state index in [1.807, 2.05) is 0 Å². The zero-order chi connectivity index (χ0) is 13.1. The van der Waals surface area contributed by atoms with Crippen molar-refractivity contribution in [2.24, 2.45) is 0 Å². The van der Waals surface area contributed by atoms with Crippen molar-refractivity contribution >= 4 is 11.6 Å². The molecule has 0 saturated heterocycles. The standard InChI is InChI=1S/C11H13F3N2O/c1-7(15-2)10(17)16-9-5-3-8(4-6-9)11(12,13)14/h3-7,15H,1-2H3,(H,16,17). The molecule has 1 aromatic rings. The summed E-state index contributed by atoms with van der Waals surface area (Å²) in [6, 6.07) is 3.91. The van der Waals surface area contributed by atoms with Gasteiger partial charge in [0.15, 0.2) is 0 Å². The van der Waals surface area contributed by atoms with Crippen molar-refractivity contribution in [1.82, 2.24) is 5.32 Å². The molecule has 0 aromatic heterocycles. The number of benzene rings is 1. The lowest BCUT2D eigenvalue weighted by Crippen LogP contribution is -2.35. The second-order valence-electron chi connectivity index (χ2n) is 3.57. The monoisotopic (exact) mass is 246 g/mol. The van der Waals surface area contributed by atoms with Crippen LogP contribution in [0.4, 0.5) is 18.9 Å². The van der Waals surface area contributed by atoms with Crippen LogP contribution in [0.1, 0.15) is 12.5 Å². The number of halogens is 3. The van der Waals surface area contributed by atoms with E-state index in [0.29, 0.717) is 5.69 Å². The molecule has 94 valence electrons. The molecule has 1 aromatic carbocycles. The number of anilines is 1. The van der Waals surface area contributed by atoms with E-state index in [9.17, 15) is 18.0 Å². The Morgan fingerprint density at radius 3 is 2.18 bits per heavy atom. The van der Waals surface area contributed by atoms with Gasteiger partial charge in [0, 0.05) is 5.69 Å². The summed E-state index contributed by atoms with van der Waals surface area (Å²) in [5.74, 6) is -0.299. The van der Waals surface area contributed by atoms with Crippen molar-refractivity contribution in [3.8, 4) is 0 Å². The van der Waals surface area contributed by atoms with Crippen LogP contribution >= 0.6 is 0 Å². The summed E-state index contributed by atoms with van der Waals surface area (Å²) in [4.78, 5) is 11.4. The SMILES string of the molecule is CNC(C)C(=O)Nc1ccc(C(F)(F)F)cc1. The van der Waals surface area contributed by atoms with Crippen molar-refractivity contribution < 1.29 is 18.0 Å². The summed E-state index contributed by atoms with van der Waals surface area (Å²) in [6.45, 7) is 1.65. The summed E-state index contributed by atoms with van der Waals surface area (Å²) in [5, 5.41) is 5.23. The maximum Gasteiger partial charge on any atom is 0.416 e. The highest BCUT2D eigenvalue weighted by atomic mass is 19.4. The van der Waals surface area contributed by atoms with Gasteiger partial charge in [0.05, 0.1) is 11.6 Å². The molecule has 0 aliphatic rings. The molecule has 17 heavy (non-hydrogen) atoms. The number of alkyl halides is 3. The Balaban J connectivity index is 2.73. The lowest BCUT2D eigenvalue weighted by molar-refractivity contribution is -0.137. The number of hydrogen-bond acceptors (Lipinski definition) is 2. The first kappa shape index (κ1) is 13.5. The Kier molecular flexibility index (Phi) is 4.11. The smallest absolute Gasteiger partial charge is 0.325 e. The number of likely N-dealkylation sites (N-methyl/N-ethyl adjacent to an activating group) is 1. The maximum absolute atomic E-state index is 12.3. The van der Waals surface area contributed by atoms with Crippen LogP contribution in [-0.4, -0.2) is 19.0 Å². The molecular weight excluding hydrogens is 233 g/mol. The molecule has 0 aliphatic heterocycles. The molecule has 0 fully saturated rings. The molecule has 0 radical (unpaired) electrons. The number of carbonyl (C=O) groups is 1. The first-order chi connectivity index (χ1) is 7.84. The minimum absolute atomic E-state index is 0.299. The van der Waals surface area contributed by atoms with E-state index in [2.05, 4.69) is 10.6 Å². The van der Waals surface area contributed by atoms with Crippen LogP contribution in [0.2, 0.25) is 0 Å². The van der Waals surface area contributed by atoms with E-state index >= 15 is 0 Å². The van der Waals surface area contributed by atoms with Crippen molar-refractivity contribution in [2.45, 2.75) is 19.1 Å². The van der Waals surface area contributed by atoms with Gasteiger partial charge in [0.1, 0.15) is 0 Å². The predicted molar refractivity (Wildman–Crippen MR) is 58.6 cm³/mol. The number of rotatable bonds is 3. The molecular formula is C11H13F3N2O. The lowest BCUT2D eigenvalue weighted by atomic mass is 10.2. The van der Waals surface area contributed by atoms with Crippen LogP contribution in [0.5, 0.6) is 0 Å². The van der Waals surface area contributed by atoms with Gasteiger partial charge in [-0.3, -0.25) is 4.79 Å². The molecule has 1 amide bonds. The largest absolute Gasteiger partial charge is 0.416 e. The van der Waals surface area contributed by atoms with E-state index in [1.54, 1.807) is 14.0 Å². The van der Waals surface area contributed by atoms with Crippen LogP contribution in [0.15, 0.2) is 24.3 Å². The molecule has 1 atom stereocenters. The second kappa shape index (κ2) is 5.18. The van der Waals surface area contributed by atoms with E-state index < -0.39 is 17.8 Å². The summed E-state index contributed by atoms with van der Waals surface area (Å²) in [7, 11) is 1.62. The molecule has 0 aliphatic carbocycles. The molecule has 1 rings (SSSR count). The first-order valence-electron chi connectivity index (χ1n) is 5.00. The van der Waals surface area contributed by atoms with E-state index in [1.165, 1.54) is 12.1 Å². The molecule has 0 bridgehead atoms. The molecule has 1 unspecified atom stereocenters. The summed E-state index contributed by atoms with van der Waals surface area (Å²) >= 11 is 0. The van der Waals surface area contributed by atoms with Gasteiger partial charge in [0.2, 0.25) is 5.91 Å². The molecule has 2 N–H and O–H groups in total. The second-order valence-corrected chi connectivity index (χ2v) is 3.57. The van der Waals surface area contributed by atoms with Gasteiger partial charge in [-0.2, -0.15) is 13.2 Å². The zero-order valence-corrected chi connectivity index (χ0v) is 9.43. The summed E-state index contributed by atoms with van der Waals surface area (Å²) in [5.41, 5.74) is -0.401. The molecule has 6 heteroatoms. The van der Waals surface area contributed by atoms with Gasteiger partial charge >= 0.3 is 6.18 Å².